The molecule has 0 bridgehead atoms. The molecule has 1 atom stereocenters. The molecule has 4 nitrogen and oxygen atoms in total. The summed E-state index contributed by atoms with van der Waals surface area (Å²) in [5.41, 5.74) is 2.33. The second kappa shape index (κ2) is 6.31. The quantitative estimate of drug-likeness (QED) is 0.923. The standard InChI is InChI=1S/C15H19N3OS/c1-11-5-7-12(8-6-11)16-10-14-17-15(18-19-14)13-4-2-3-9-20-13/h5-8,13,16H,2-4,9-10H2,1H3. The predicted molar refractivity (Wildman–Crippen MR) is 81.9 cm³/mol. The van der Waals surface area contributed by atoms with Gasteiger partial charge < -0.3 is 9.84 Å². The molecular weight excluding hydrogens is 270 g/mol. The highest BCUT2D eigenvalue weighted by Crippen LogP contribution is 2.36. The van der Waals surface area contributed by atoms with Gasteiger partial charge in [-0.3, -0.25) is 0 Å². The van der Waals surface area contributed by atoms with E-state index < -0.39 is 0 Å². The highest BCUT2D eigenvalue weighted by molar-refractivity contribution is 7.99. The fourth-order valence-corrected chi connectivity index (χ4v) is 3.50. The van der Waals surface area contributed by atoms with E-state index in [0.717, 1.165) is 17.9 Å². The number of nitrogens with one attached hydrogen (secondary N) is 1. The van der Waals surface area contributed by atoms with Gasteiger partial charge in [0, 0.05) is 5.69 Å². The summed E-state index contributed by atoms with van der Waals surface area (Å²) in [7, 11) is 0. The smallest absolute Gasteiger partial charge is 0.245 e. The molecule has 1 saturated heterocycles. The van der Waals surface area contributed by atoms with Crippen molar-refractivity contribution in [3.8, 4) is 0 Å². The molecule has 0 amide bonds. The molecule has 2 aromatic rings. The lowest BCUT2D eigenvalue weighted by molar-refractivity contribution is 0.376. The van der Waals surface area contributed by atoms with E-state index in [1.54, 1.807) is 0 Å². The van der Waals surface area contributed by atoms with Crippen LogP contribution in [0, 0.1) is 6.92 Å². The minimum absolute atomic E-state index is 0.417. The van der Waals surface area contributed by atoms with Crippen molar-refractivity contribution in [3.63, 3.8) is 0 Å². The first-order valence-electron chi connectivity index (χ1n) is 7.06. The molecular formula is C15H19N3OS. The van der Waals surface area contributed by atoms with E-state index in [0.29, 0.717) is 17.7 Å². The van der Waals surface area contributed by atoms with Gasteiger partial charge in [0.1, 0.15) is 0 Å². The first-order valence-corrected chi connectivity index (χ1v) is 8.11. The molecule has 3 rings (SSSR count). The van der Waals surface area contributed by atoms with Gasteiger partial charge in [0.25, 0.3) is 0 Å². The van der Waals surface area contributed by atoms with Crippen molar-refractivity contribution < 1.29 is 4.52 Å². The average Bonchev–Trinajstić information content (AvgIpc) is 2.97. The van der Waals surface area contributed by atoms with Crippen LogP contribution in [0.2, 0.25) is 0 Å². The third-order valence-electron chi connectivity index (χ3n) is 3.45. The number of hydrogen-bond donors (Lipinski definition) is 1. The molecule has 0 spiro atoms. The topological polar surface area (TPSA) is 51.0 Å². The van der Waals surface area contributed by atoms with Crippen molar-refractivity contribution in [3.05, 3.63) is 41.5 Å². The first kappa shape index (κ1) is 13.5. The van der Waals surface area contributed by atoms with Gasteiger partial charge >= 0.3 is 0 Å². The van der Waals surface area contributed by atoms with Crippen molar-refractivity contribution in [2.45, 2.75) is 38.0 Å². The van der Waals surface area contributed by atoms with Gasteiger partial charge in [-0.1, -0.05) is 29.3 Å². The molecule has 1 unspecified atom stereocenters. The highest BCUT2D eigenvalue weighted by Gasteiger charge is 2.21. The second-order valence-electron chi connectivity index (χ2n) is 5.12. The van der Waals surface area contributed by atoms with E-state index in [1.165, 1.54) is 24.2 Å². The van der Waals surface area contributed by atoms with E-state index >= 15 is 0 Å². The third kappa shape index (κ3) is 3.33. The van der Waals surface area contributed by atoms with Crippen LogP contribution >= 0.6 is 11.8 Å². The Morgan fingerprint density at radius 1 is 1.30 bits per heavy atom. The second-order valence-corrected chi connectivity index (χ2v) is 6.43. The summed E-state index contributed by atoms with van der Waals surface area (Å²) >= 11 is 1.94. The highest BCUT2D eigenvalue weighted by atomic mass is 32.2. The van der Waals surface area contributed by atoms with Crippen LogP contribution in [-0.2, 0) is 6.54 Å². The lowest BCUT2D eigenvalue weighted by atomic mass is 10.2. The van der Waals surface area contributed by atoms with E-state index in [1.807, 2.05) is 11.8 Å². The zero-order chi connectivity index (χ0) is 13.8. The predicted octanol–water partition coefficient (Wildman–Crippen LogP) is 3.95. The summed E-state index contributed by atoms with van der Waals surface area (Å²) in [6, 6.07) is 8.29. The Balaban J connectivity index is 1.58. The summed E-state index contributed by atoms with van der Waals surface area (Å²) < 4.78 is 5.33. The maximum Gasteiger partial charge on any atom is 0.245 e. The van der Waals surface area contributed by atoms with E-state index in [-0.39, 0.29) is 0 Å². The molecule has 1 aliphatic rings. The number of thioether (sulfide) groups is 1. The van der Waals surface area contributed by atoms with Gasteiger partial charge in [-0.15, -0.1) is 0 Å². The van der Waals surface area contributed by atoms with E-state index in [9.17, 15) is 0 Å². The molecule has 2 heterocycles. The molecule has 1 aliphatic heterocycles. The maximum atomic E-state index is 5.33. The molecule has 1 aromatic heterocycles. The SMILES string of the molecule is Cc1ccc(NCc2nc(C3CCCCS3)no2)cc1. The number of hydrogen-bond acceptors (Lipinski definition) is 5. The van der Waals surface area contributed by atoms with Crippen LogP contribution in [0.15, 0.2) is 28.8 Å². The minimum atomic E-state index is 0.417. The van der Waals surface area contributed by atoms with E-state index in [2.05, 4.69) is 46.6 Å². The lowest BCUT2D eigenvalue weighted by Gasteiger charge is -2.17. The summed E-state index contributed by atoms with van der Waals surface area (Å²) in [5, 5.41) is 7.84. The monoisotopic (exact) mass is 289 g/mol. The van der Waals surface area contributed by atoms with Gasteiger partial charge in [0.05, 0.1) is 11.8 Å². The summed E-state index contributed by atoms with van der Waals surface area (Å²) in [6.07, 6.45) is 3.74. The third-order valence-corrected chi connectivity index (χ3v) is 4.82. The number of nitrogens with zero attached hydrogens (tertiary/aromatic N) is 2. The van der Waals surface area contributed by atoms with Crippen LogP contribution in [0.5, 0.6) is 0 Å². The van der Waals surface area contributed by atoms with Crippen LogP contribution in [0.3, 0.4) is 0 Å². The largest absolute Gasteiger partial charge is 0.376 e. The number of aryl methyl sites for hydroxylation is 1. The molecule has 0 radical (unpaired) electrons. The van der Waals surface area contributed by atoms with Crippen LogP contribution in [0.4, 0.5) is 5.69 Å². The van der Waals surface area contributed by atoms with Gasteiger partial charge in [0.15, 0.2) is 5.82 Å². The summed E-state index contributed by atoms with van der Waals surface area (Å²) in [4.78, 5) is 4.51. The van der Waals surface area contributed by atoms with Crippen molar-refractivity contribution >= 4 is 17.4 Å². The van der Waals surface area contributed by atoms with Crippen LogP contribution in [-0.4, -0.2) is 15.9 Å². The molecule has 5 heteroatoms. The van der Waals surface area contributed by atoms with Gasteiger partial charge in [-0.2, -0.15) is 16.7 Å². The normalized spacial score (nSPS) is 18.9. The molecule has 20 heavy (non-hydrogen) atoms. The summed E-state index contributed by atoms with van der Waals surface area (Å²) in [6.45, 7) is 2.66. The Hall–Kier alpha value is -1.49. The molecule has 0 aliphatic carbocycles. The van der Waals surface area contributed by atoms with Gasteiger partial charge in [-0.25, -0.2) is 0 Å². The maximum absolute atomic E-state index is 5.33. The zero-order valence-corrected chi connectivity index (χ0v) is 12.4. The molecule has 106 valence electrons. The number of rotatable bonds is 4. The Morgan fingerprint density at radius 3 is 2.90 bits per heavy atom. The Kier molecular flexibility index (Phi) is 4.25. The number of anilines is 1. The van der Waals surface area contributed by atoms with E-state index in [4.69, 9.17) is 4.52 Å². The van der Waals surface area contributed by atoms with Crippen molar-refractivity contribution in [2.75, 3.05) is 11.1 Å². The van der Waals surface area contributed by atoms with Crippen molar-refractivity contribution in [2.24, 2.45) is 0 Å². The lowest BCUT2D eigenvalue weighted by Crippen LogP contribution is -2.04. The Bertz CT molecular complexity index is 547. The Morgan fingerprint density at radius 2 is 2.15 bits per heavy atom. The Labute approximate surface area is 123 Å². The molecule has 0 saturated carbocycles. The van der Waals surface area contributed by atoms with Crippen molar-refractivity contribution in [1.29, 1.82) is 0 Å². The summed E-state index contributed by atoms with van der Waals surface area (Å²) in [5.74, 6) is 2.72. The number of aromatic nitrogens is 2. The fourth-order valence-electron chi connectivity index (χ4n) is 2.26. The van der Waals surface area contributed by atoms with Crippen LogP contribution in [0.1, 0.15) is 41.8 Å². The first-order chi connectivity index (χ1) is 9.81. The van der Waals surface area contributed by atoms with Gasteiger partial charge in [0.2, 0.25) is 5.89 Å². The molecule has 1 fully saturated rings. The molecule has 1 N–H and O–H groups in total. The molecule has 1 aromatic carbocycles. The fraction of sp³-hybridized carbons (Fsp3) is 0.467. The average molecular weight is 289 g/mol. The zero-order valence-electron chi connectivity index (χ0n) is 11.6. The van der Waals surface area contributed by atoms with Crippen LogP contribution < -0.4 is 5.32 Å². The minimum Gasteiger partial charge on any atom is -0.376 e. The number of benzene rings is 1. The van der Waals surface area contributed by atoms with Gasteiger partial charge in [-0.05, 0) is 37.7 Å². The van der Waals surface area contributed by atoms with Crippen molar-refractivity contribution in [1.82, 2.24) is 10.1 Å². The van der Waals surface area contributed by atoms with Crippen LogP contribution in [0.25, 0.3) is 0 Å².